The number of esters is 1. The average Bonchev–Trinajstić information content (AvgIpc) is 3.29. The van der Waals surface area contributed by atoms with Gasteiger partial charge in [-0.1, -0.05) is 6.92 Å². The van der Waals surface area contributed by atoms with Crippen molar-refractivity contribution in [3.8, 4) is 0 Å². The first-order chi connectivity index (χ1) is 16.9. The lowest BCUT2D eigenvalue weighted by Gasteiger charge is -2.41. The fraction of sp³-hybridized carbons (Fsp3) is 0.750. The third-order valence-electron chi connectivity index (χ3n) is 5.64. The van der Waals surface area contributed by atoms with E-state index in [1.165, 1.54) is 13.3 Å². The van der Waals surface area contributed by atoms with Crippen LogP contribution in [0.2, 0.25) is 0 Å². The van der Waals surface area contributed by atoms with E-state index in [1.807, 2.05) is 20.8 Å². The number of imidazole rings is 1. The summed E-state index contributed by atoms with van der Waals surface area (Å²) in [4.78, 5) is 42.9. The number of nitrogens with one attached hydrogen (secondary N) is 3. The highest BCUT2D eigenvalue weighted by Gasteiger charge is 2.42. The summed E-state index contributed by atoms with van der Waals surface area (Å²) >= 11 is 0. The van der Waals surface area contributed by atoms with E-state index in [4.69, 9.17) is 14.2 Å². The molecule has 204 valence electrons. The van der Waals surface area contributed by atoms with E-state index in [1.54, 1.807) is 13.1 Å². The first kappa shape index (κ1) is 29.7. The van der Waals surface area contributed by atoms with E-state index in [0.717, 1.165) is 0 Å². The molecular formula is C24H40N4O8. The highest BCUT2D eigenvalue weighted by Crippen LogP contribution is 2.27. The summed E-state index contributed by atoms with van der Waals surface area (Å²) in [6.07, 6.45) is 0.579. The number of rotatable bonds is 12. The van der Waals surface area contributed by atoms with Crippen molar-refractivity contribution in [3.05, 3.63) is 18.2 Å². The summed E-state index contributed by atoms with van der Waals surface area (Å²) in [5, 5.41) is 26.2. The lowest BCUT2D eigenvalue weighted by atomic mass is 9.92. The maximum Gasteiger partial charge on any atom is 0.306 e. The number of carbonyl (C=O) groups excluding carboxylic acids is 3. The number of aliphatic hydroxyl groups excluding tert-OH is 2. The molecule has 6 atom stereocenters. The molecule has 1 saturated heterocycles. The van der Waals surface area contributed by atoms with Crippen LogP contribution in [0.25, 0.3) is 0 Å². The van der Waals surface area contributed by atoms with Crippen LogP contribution in [0.15, 0.2) is 12.5 Å². The third-order valence-corrected chi connectivity index (χ3v) is 5.64. The van der Waals surface area contributed by atoms with Crippen molar-refractivity contribution in [1.82, 2.24) is 20.6 Å². The monoisotopic (exact) mass is 512 g/mol. The normalized spacial score (nSPS) is 25.1. The van der Waals surface area contributed by atoms with Crippen LogP contribution in [-0.2, 0) is 35.0 Å². The molecule has 0 aliphatic carbocycles. The van der Waals surface area contributed by atoms with Crippen LogP contribution in [-0.4, -0.2) is 87.4 Å². The number of hydrogen-bond acceptors (Lipinski definition) is 9. The van der Waals surface area contributed by atoms with Gasteiger partial charge in [0.2, 0.25) is 11.8 Å². The smallest absolute Gasteiger partial charge is 0.306 e. The first-order valence-electron chi connectivity index (χ1n) is 12.2. The quantitative estimate of drug-likeness (QED) is 0.193. The standard InChI is InChI=1S/C24H40N4O8/c1-14-20(31)21(32)18(35-23(14)34-9-7-6-8-19(30)36-24(3,4)5)12-26-22(33)17(28-15(2)29)10-16-11-25-13-27-16/h11,13-14,17-18,20-21,23,31-32H,6-10,12H2,1-5H3,(H,25,27)(H,26,33)(H,28,29)/t14?,17-,18?,20?,21?,23?/m1/s1. The number of aromatic nitrogens is 2. The highest BCUT2D eigenvalue weighted by atomic mass is 16.7. The molecular weight excluding hydrogens is 472 g/mol. The zero-order valence-corrected chi connectivity index (χ0v) is 21.7. The summed E-state index contributed by atoms with van der Waals surface area (Å²) < 4.78 is 16.9. The van der Waals surface area contributed by atoms with E-state index >= 15 is 0 Å². The van der Waals surface area contributed by atoms with Gasteiger partial charge in [-0.2, -0.15) is 0 Å². The van der Waals surface area contributed by atoms with Gasteiger partial charge in [0.05, 0.1) is 12.4 Å². The number of ether oxygens (including phenoxy) is 3. The molecule has 1 aliphatic rings. The van der Waals surface area contributed by atoms with Crippen LogP contribution in [0, 0.1) is 5.92 Å². The first-order valence-corrected chi connectivity index (χ1v) is 12.2. The van der Waals surface area contributed by atoms with Crippen molar-refractivity contribution in [2.75, 3.05) is 13.2 Å². The molecule has 5 N–H and O–H groups in total. The van der Waals surface area contributed by atoms with Gasteiger partial charge in [-0.15, -0.1) is 0 Å². The molecule has 1 aliphatic heterocycles. The molecule has 2 rings (SSSR count). The van der Waals surface area contributed by atoms with E-state index < -0.39 is 48.1 Å². The molecule has 0 bridgehead atoms. The number of aliphatic hydroxyl groups is 2. The summed E-state index contributed by atoms with van der Waals surface area (Å²) in [6, 6.07) is -0.857. The Morgan fingerprint density at radius 2 is 1.94 bits per heavy atom. The molecule has 0 radical (unpaired) electrons. The molecule has 12 nitrogen and oxygen atoms in total. The molecule has 1 aromatic heterocycles. The lowest BCUT2D eigenvalue weighted by molar-refractivity contribution is -0.275. The van der Waals surface area contributed by atoms with E-state index in [-0.39, 0.29) is 37.9 Å². The molecule has 0 saturated carbocycles. The number of aromatic amines is 1. The van der Waals surface area contributed by atoms with Gasteiger partial charge in [-0.05, 0) is 33.6 Å². The zero-order valence-electron chi connectivity index (χ0n) is 21.7. The van der Waals surface area contributed by atoms with Crippen LogP contribution >= 0.6 is 0 Å². The fourth-order valence-electron chi connectivity index (χ4n) is 3.79. The van der Waals surface area contributed by atoms with E-state index in [9.17, 15) is 24.6 Å². The van der Waals surface area contributed by atoms with Crippen molar-refractivity contribution < 1.29 is 38.8 Å². The molecule has 1 aromatic rings. The maximum absolute atomic E-state index is 12.7. The van der Waals surface area contributed by atoms with Gasteiger partial charge in [-0.3, -0.25) is 14.4 Å². The Morgan fingerprint density at radius 1 is 1.22 bits per heavy atom. The second-order valence-electron chi connectivity index (χ2n) is 10.1. The number of carbonyl (C=O) groups is 3. The molecule has 1 fully saturated rings. The van der Waals surface area contributed by atoms with Crippen molar-refractivity contribution in [1.29, 1.82) is 0 Å². The minimum absolute atomic E-state index is 0.0959. The molecule has 2 heterocycles. The van der Waals surface area contributed by atoms with Gasteiger partial charge < -0.3 is 40.0 Å². The molecule has 2 amide bonds. The Kier molecular flexibility index (Phi) is 11.3. The summed E-state index contributed by atoms with van der Waals surface area (Å²) in [5.41, 5.74) is 0.143. The minimum atomic E-state index is -1.24. The summed E-state index contributed by atoms with van der Waals surface area (Å²) in [5.74, 6) is -1.62. The predicted molar refractivity (Wildman–Crippen MR) is 128 cm³/mol. The molecule has 5 unspecified atom stereocenters. The SMILES string of the molecule is CC(=O)N[C@H](Cc1cnc[nH]1)C(=O)NCC1OC(OCCCCC(=O)OC(C)(C)C)C(C)C(O)C1O. The summed E-state index contributed by atoms with van der Waals surface area (Å²) in [6.45, 7) is 8.64. The lowest BCUT2D eigenvalue weighted by Crippen LogP contribution is -2.58. The fourth-order valence-corrected chi connectivity index (χ4v) is 3.79. The molecule has 0 aromatic carbocycles. The molecule has 12 heteroatoms. The van der Waals surface area contributed by atoms with Gasteiger partial charge in [-0.25, -0.2) is 4.98 Å². The van der Waals surface area contributed by atoms with Gasteiger partial charge in [0.15, 0.2) is 6.29 Å². The van der Waals surface area contributed by atoms with Crippen LogP contribution < -0.4 is 10.6 Å². The van der Waals surface area contributed by atoms with Gasteiger partial charge in [0.25, 0.3) is 0 Å². The largest absolute Gasteiger partial charge is 0.460 e. The second kappa shape index (κ2) is 13.7. The Morgan fingerprint density at radius 3 is 2.56 bits per heavy atom. The molecule has 0 spiro atoms. The molecule has 36 heavy (non-hydrogen) atoms. The number of nitrogens with zero attached hydrogens (tertiary/aromatic N) is 1. The zero-order chi connectivity index (χ0) is 26.9. The van der Waals surface area contributed by atoms with Gasteiger partial charge >= 0.3 is 5.97 Å². The maximum atomic E-state index is 12.7. The highest BCUT2D eigenvalue weighted by molar-refractivity contribution is 5.87. The van der Waals surface area contributed by atoms with Gasteiger partial charge in [0.1, 0.15) is 23.9 Å². The van der Waals surface area contributed by atoms with Gasteiger partial charge in [0, 0.05) is 50.7 Å². The van der Waals surface area contributed by atoms with Crippen molar-refractivity contribution in [3.63, 3.8) is 0 Å². The van der Waals surface area contributed by atoms with Crippen LogP contribution in [0.3, 0.4) is 0 Å². The third kappa shape index (κ3) is 9.84. The Bertz CT molecular complexity index is 842. The van der Waals surface area contributed by atoms with E-state index in [0.29, 0.717) is 18.5 Å². The topological polar surface area (TPSA) is 172 Å². The average molecular weight is 513 g/mol. The van der Waals surface area contributed by atoms with Crippen molar-refractivity contribution in [2.45, 2.75) is 96.5 Å². The van der Waals surface area contributed by atoms with Crippen molar-refractivity contribution in [2.24, 2.45) is 5.92 Å². The summed E-state index contributed by atoms with van der Waals surface area (Å²) in [7, 11) is 0. The Labute approximate surface area is 211 Å². The van der Waals surface area contributed by atoms with Crippen LogP contribution in [0.5, 0.6) is 0 Å². The second-order valence-corrected chi connectivity index (χ2v) is 10.1. The minimum Gasteiger partial charge on any atom is -0.460 e. The number of amides is 2. The van der Waals surface area contributed by atoms with E-state index in [2.05, 4.69) is 20.6 Å². The van der Waals surface area contributed by atoms with Crippen molar-refractivity contribution >= 4 is 17.8 Å². The predicted octanol–water partition coefficient (Wildman–Crippen LogP) is 0.185. The Hall–Kier alpha value is -2.54. The number of hydrogen-bond donors (Lipinski definition) is 5. The van der Waals surface area contributed by atoms with Crippen LogP contribution in [0.4, 0.5) is 0 Å². The number of H-pyrrole nitrogens is 1. The Balaban J connectivity index is 1.84. The number of unbranched alkanes of at least 4 members (excludes halogenated alkanes) is 1. The van der Waals surface area contributed by atoms with Crippen LogP contribution in [0.1, 0.15) is 59.6 Å².